The standard InChI is InChI=1S/C14H21NOS/c1-14(2,15)11-3-5-12(6-4-11)16-13-7-9-17-10-8-13/h3-6,13H,7-10,15H2,1-2H3. The molecule has 0 radical (unpaired) electrons. The van der Waals surface area contributed by atoms with Crippen LogP contribution in [0.3, 0.4) is 0 Å². The summed E-state index contributed by atoms with van der Waals surface area (Å²) in [4.78, 5) is 0. The zero-order valence-electron chi connectivity index (χ0n) is 10.6. The van der Waals surface area contributed by atoms with E-state index in [9.17, 15) is 0 Å². The van der Waals surface area contributed by atoms with Crippen LogP contribution in [0.1, 0.15) is 32.3 Å². The van der Waals surface area contributed by atoms with Crippen LogP contribution in [0.4, 0.5) is 0 Å². The minimum atomic E-state index is -0.278. The minimum Gasteiger partial charge on any atom is -0.490 e. The highest BCUT2D eigenvalue weighted by atomic mass is 32.2. The summed E-state index contributed by atoms with van der Waals surface area (Å²) >= 11 is 2.02. The number of nitrogens with two attached hydrogens (primary N) is 1. The first-order valence-corrected chi connectivity index (χ1v) is 7.35. The van der Waals surface area contributed by atoms with Gasteiger partial charge in [-0.05, 0) is 55.9 Å². The predicted molar refractivity (Wildman–Crippen MR) is 74.6 cm³/mol. The first kappa shape index (κ1) is 12.8. The van der Waals surface area contributed by atoms with Crippen LogP contribution in [0.2, 0.25) is 0 Å². The summed E-state index contributed by atoms with van der Waals surface area (Å²) in [5.41, 5.74) is 6.91. The monoisotopic (exact) mass is 251 g/mol. The van der Waals surface area contributed by atoms with Crippen LogP contribution < -0.4 is 10.5 Å². The number of ether oxygens (including phenoxy) is 1. The third-order valence-electron chi connectivity index (χ3n) is 3.07. The van der Waals surface area contributed by atoms with E-state index in [-0.39, 0.29) is 5.54 Å². The smallest absolute Gasteiger partial charge is 0.119 e. The quantitative estimate of drug-likeness (QED) is 0.896. The summed E-state index contributed by atoms with van der Waals surface area (Å²) in [6.07, 6.45) is 2.72. The fraction of sp³-hybridized carbons (Fsp3) is 0.571. The summed E-state index contributed by atoms with van der Waals surface area (Å²) in [6.45, 7) is 4.03. The average molecular weight is 251 g/mol. The van der Waals surface area contributed by atoms with Crippen LogP contribution in [-0.4, -0.2) is 17.6 Å². The van der Waals surface area contributed by atoms with Crippen molar-refractivity contribution in [2.45, 2.75) is 38.3 Å². The molecule has 0 amide bonds. The van der Waals surface area contributed by atoms with Gasteiger partial charge in [0.1, 0.15) is 11.9 Å². The summed E-state index contributed by atoms with van der Waals surface area (Å²) in [5, 5.41) is 0. The SMILES string of the molecule is CC(C)(N)c1ccc(OC2CCSCC2)cc1. The summed E-state index contributed by atoms with van der Waals surface area (Å²) in [5.74, 6) is 3.41. The maximum atomic E-state index is 6.05. The maximum Gasteiger partial charge on any atom is 0.119 e. The Morgan fingerprint density at radius 2 is 1.76 bits per heavy atom. The van der Waals surface area contributed by atoms with Gasteiger partial charge in [-0.2, -0.15) is 11.8 Å². The maximum absolute atomic E-state index is 6.05. The number of benzene rings is 1. The Labute approximate surface area is 108 Å². The Kier molecular flexibility index (Phi) is 4.00. The molecule has 0 atom stereocenters. The fourth-order valence-corrected chi connectivity index (χ4v) is 3.01. The molecule has 1 aliphatic heterocycles. The van der Waals surface area contributed by atoms with E-state index >= 15 is 0 Å². The van der Waals surface area contributed by atoms with Crippen molar-refractivity contribution in [2.24, 2.45) is 5.73 Å². The van der Waals surface area contributed by atoms with Crippen molar-refractivity contribution in [3.8, 4) is 5.75 Å². The molecule has 1 aliphatic rings. The van der Waals surface area contributed by atoms with Crippen LogP contribution in [-0.2, 0) is 5.54 Å². The largest absolute Gasteiger partial charge is 0.490 e. The molecule has 0 aromatic heterocycles. The molecule has 1 saturated heterocycles. The Hall–Kier alpha value is -0.670. The lowest BCUT2D eigenvalue weighted by molar-refractivity contribution is 0.192. The summed E-state index contributed by atoms with van der Waals surface area (Å²) in [7, 11) is 0. The zero-order chi connectivity index (χ0) is 12.3. The van der Waals surface area contributed by atoms with Crippen LogP contribution in [0.25, 0.3) is 0 Å². The number of hydrogen-bond acceptors (Lipinski definition) is 3. The molecule has 17 heavy (non-hydrogen) atoms. The Morgan fingerprint density at radius 1 is 1.18 bits per heavy atom. The van der Waals surface area contributed by atoms with Gasteiger partial charge >= 0.3 is 0 Å². The van der Waals surface area contributed by atoms with E-state index in [4.69, 9.17) is 10.5 Å². The number of hydrogen-bond donors (Lipinski definition) is 1. The number of rotatable bonds is 3. The highest BCUT2D eigenvalue weighted by molar-refractivity contribution is 7.99. The Morgan fingerprint density at radius 3 is 2.29 bits per heavy atom. The predicted octanol–water partition coefficient (Wildman–Crippen LogP) is 3.15. The summed E-state index contributed by atoms with van der Waals surface area (Å²) < 4.78 is 5.97. The van der Waals surface area contributed by atoms with Crippen LogP contribution in [0.15, 0.2) is 24.3 Å². The molecular weight excluding hydrogens is 230 g/mol. The molecule has 2 N–H and O–H groups in total. The van der Waals surface area contributed by atoms with Crippen molar-refractivity contribution in [3.63, 3.8) is 0 Å². The lowest BCUT2D eigenvalue weighted by Crippen LogP contribution is -2.28. The molecule has 3 heteroatoms. The van der Waals surface area contributed by atoms with Crippen LogP contribution in [0, 0.1) is 0 Å². The Bertz CT molecular complexity index is 349. The second kappa shape index (κ2) is 5.32. The van der Waals surface area contributed by atoms with E-state index in [1.165, 1.54) is 11.5 Å². The second-order valence-electron chi connectivity index (χ2n) is 5.18. The average Bonchev–Trinajstić information content (AvgIpc) is 2.30. The molecule has 1 aromatic rings. The molecule has 0 unspecified atom stereocenters. The van der Waals surface area contributed by atoms with Crippen molar-refractivity contribution in [1.29, 1.82) is 0 Å². The van der Waals surface area contributed by atoms with Crippen molar-refractivity contribution >= 4 is 11.8 Å². The van der Waals surface area contributed by atoms with Crippen molar-refractivity contribution in [1.82, 2.24) is 0 Å². The van der Waals surface area contributed by atoms with E-state index in [0.717, 1.165) is 24.2 Å². The fourth-order valence-electron chi connectivity index (χ4n) is 1.95. The molecule has 1 fully saturated rings. The van der Waals surface area contributed by atoms with Crippen molar-refractivity contribution < 1.29 is 4.74 Å². The van der Waals surface area contributed by atoms with E-state index in [0.29, 0.717) is 6.10 Å². The highest BCUT2D eigenvalue weighted by Crippen LogP contribution is 2.24. The topological polar surface area (TPSA) is 35.2 Å². The van der Waals surface area contributed by atoms with Crippen LogP contribution >= 0.6 is 11.8 Å². The highest BCUT2D eigenvalue weighted by Gasteiger charge is 2.16. The van der Waals surface area contributed by atoms with Gasteiger partial charge in [-0.15, -0.1) is 0 Å². The Balaban J connectivity index is 1.98. The van der Waals surface area contributed by atoms with Gasteiger partial charge in [0.05, 0.1) is 0 Å². The lowest BCUT2D eigenvalue weighted by atomic mass is 9.96. The molecule has 2 nitrogen and oxygen atoms in total. The molecule has 0 aliphatic carbocycles. The van der Waals surface area contributed by atoms with Gasteiger partial charge in [0, 0.05) is 5.54 Å². The first-order chi connectivity index (χ1) is 8.05. The molecule has 1 heterocycles. The van der Waals surface area contributed by atoms with E-state index in [2.05, 4.69) is 12.1 Å². The van der Waals surface area contributed by atoms with Gasteiger partial charge in [-0.3, -0.25) is 0 Å². The summed E-state index contributed by atoms with van der Waals surface area (Å²) in [6, 6.07) is 8.19. The van der Waals surface area contributed by atoms with Crippen molar-refractivity contribution in [2.75, 3.05) is 11.5 Å². The molecule has 0 spiro atoms. The van der Waals surface area contributed by atoms with Gasteiger partial charge in [0.2, 0.25) is 0 Å². The van der Waals surface area contributed by atoms with Crippen molar-refractivity contribution in [3.05, 3.63) is 29.8 Å². The normalized spacial score (nSPS) is 18.1. The van der Waals surface area contributed by atoms with E-state index in [1.54, 1.807) is 0 Å². The van der Waals surface area contributed by atoms with Gasteiger partial charge < -0.3 is 10.5 Å². The van der Waals surface area contributed by atoms with E-state index in [1.807, 2.05) is 37.7 Å². The first-order valence-electron chi connectivity index (χ1n) is 6.19. The molecule has 0 bridgehead atoms. The third kappa shape index (κ3) is 3.65. The molecular formula is C14H21NOS. The molecule has 0 saturated carbocycles. The lowest BCUT2D eigenvalue weighted by Gasteiger charge is -2.24. The molecule has 2 rings (SSSR count). The van der Waals surface area contributed by atoms with Crippen LogP contribution in [0.5, 0.6) is 5.75 Å². The van der Waals surface area contributed by atoms with E-state index < -0.39 is 0 Å². The second-order valence-corrected chi connectivity index (χ2v) is 6.40. The zero-order valence-corrected chi connectivity index (χ0v) is 11.4. The van der Waals surface area contributed by atoms with Gasteiger partial charge in [0.25, 0.3) is 0 Å². The third-order valence-corrected chi connectivity index (χ3v) is 4.12. The molecule has 94 valence electrons. The minimum absolute atomic E-state index is 0.278. The van der Waals surface area contributed by atoms with Gasteiger partial charge in [-0.1, -0.05) is 12.1 Å². The van der Waals surface area contributed by atoms with Gasteiger partial charge in [0.15, 0.2) is 0 Å². The number of thioether (sulfide) groups is 1. The van der Waals surface area contributed by atoms with Gasteiger partial charge in [-0.25, -0.2) is 0 Å². The molecule has 1 aromatic carbocycles.